The minimum Gasteiger partial charge on any atom is -0.330 e. The van der Waals surface area contributed by atoms with Crippen molar-refractivity contribution in [3.05, 3.63) is 69.5 Å². The Hall–Kier alpha value is -2.11. The smallest absolute Gasteiger partial charge is 0.258 e. The minimum atomic E-state index is 0.0111. The number of carbonyl (C=O) groups excluding carboxylic acids is 1. The fourth-order valence-corrected chi connectivity index (χ4v) is 4.74. The fourth-order valence-electron chi connectivity index (χ4n) is 4.09. The van der Waals surface area contributed by atoms with E-state index in [0.717, 1.165) is 46.5 Å². The van der Waals surface area contributed by atoms with Crippen LogP contribution in [0, 0.1) is 0 Å². The molecule has 2 aromatic carbocycles. The lowest BCUT2D eigenvalue weighted by Crippen LogP contribution is -2.29. The monoisotopic (exact) mass is 427 g/mol. The summed E-state index contributed by atoms with van der Waals surface area (Å²) in [5, 5.41) is 0.490. The van der Waals surface area contributed by atoms with Gasteiger partial charge in [-0.3, -0.25) is 9.36 Å². The van der Waals surface area contributed by atoms with Gasteiger partial charge in [0.1, 0.15) is 6.33 Å². The van der Waals surface area contributed by atoms with Crippen molar-refractivity contribution in [2.24, 2.45) is 0 Å². The summed E-state index contributed by atoms with van der Waals surface area (Å²) in [6.45, 7) is 0.747. The Morgan fingerprint density at radius 2 is 2.04 bits per heavy atom. The van der Waals surface area contributed by atoms with E-state index >= 15 is 0 Å². The van der Waals surface area contributed by atoms with Crippen molar-refractivity contribution in [2.75, 3.05) is 6.54 Å². The van der Waals surface area contributed by atoms with Gasteiger partial charge in [-0.05, 0) is 37.1 Å². The van der Waals surface area contributed by atoms with Crippen LogP contribution in [0.25, 0.3) is 16.9 Å². The Labute approximate surface area is 164 Å². The maximum atomic E-state index is 13.2. The van der Waals surface area contributed by atoms with Gasteiger partial charge in [-0.1, -0.05) is 45.7 Å². The summed E-state index contributed by atoms with van der Waals surface area (Å²) in [6.07, 6.45) is 3.74. The first-order chi connectivity index (χ1) is 12.6. The number of amides is 1. The molecule has 0 saturated carbocycles. The summed E-state index contributed by atoms with van der Waals surface area (Å²) in [4.78, 5) is 19.9. The third kappa shape index (κ3) is 2.27. The third-order valence-corrected chi connectivity index (χ3v) is 6.01. The normalized spacial score (nSPS) is 18.3. The van der Waals surface area contributed by atoms with Crippen molar-refractivity contribution < 1.29 is 4.79 Å². The van der Waals surface area contributed by atoms with Crippen molar-refractivity contribution >= 4 is 33.4 Å². The average molecular weight is 429 g/mol. The third-order valence-electron chi connectivity index (χ3n) is 5.20. The van der Waals surface area contributed by atoms with Crippen LogP contribution in [0.4, 0.5) is 0 Å². The molecule has 3 aromatic rings. The second-order valence-electron chi connectivity index (χ2n) is 6.65. The van der Waals surface area contributed by atoms with Crippen molar-refractivity contribution in [1.82, 2.24) is 14.5 Å². The molecule has 1 aromatic heterocycles. The van der Waals surface area contributed by atoms with Crippen molar-refractivity contribution in [2.45, 2.75) is 18.9 Å². The maximum Gasteiger partial charge on any atom is 0.258 e. The van der Waals surface area contributed by atoms with Crippen LogP contribution >= 0.6 is 27.5 Å². The predicted molar refractivity (Wildman–Crippen MR) is 105 cm³/mol. The summed E-state index contributed by atoms with van der Waals surface area (Å²) in [6, 6.07) is 13.7. The molecule has 0 bridgehead atoms. The first-order valence-corrected chi connectivity index (χ1v) is 9.75. The zero-order valence-electron chi connectivity index (χ0n) is 13.8. The van der Waals surface area contributed by atoms with Gasteiger partial charge in [-0.2, -0.15) is 0 Å². The average Bonchev–Trinajstić information content (AvgIpc) is 3.25. The van der Waals surface area contributed by atoms with E-state index in [1.807, 2.05) is 40.1 Å². The Kier molecular flexibility index (Phi) is 3.69. The molecule has 2 aliphatic heterocycles. The quantitative estimate of drug-likeness (QED) is 0.531. The SMILES string of the molecule is O=C1c2c(Cl)cccc2-n2cnc(-c3cccc(Br)c3)c2[C@@H]2CCCN12. The van der Waals surface area contributed by atoms with E-state index in [4.69, 9.17) is 16.6 Å². The Morgan fingerprint density at radius 1 is 1.19 bits per heavy atom. The molecule has 1 saturated heterocycles. The molecule has 130 valence electrons. The molecule has 0 N–H and O–H groups in total. The van der Waals surface area contributed by atoms with Crippen LogP contribution in [0.5, 0.6) is 0 Å². The second-order valence-corrected chi connectivity index (χ2v) is 7.97. The molecule has 0 unspecified atom stereocenters. The van der Waals surface area contributed by atoms with E-state index in [1.54, 1.807) is 6.07 Å². The van der Waals surface area contributed by atoms with Crippen LogP contribution in [0.15, 0.2) is 53.3 Å². The summed E-state index contributed by atoms with van der Waals surface area (Å²) in [5.41, 5.74) is 4.40. The highest BCUT2D eigenvalue weighted by Crippen LogP contribution is 2.43. The molecule has 3 heterocycles. The minimum absolute atomic E-state index is 0.0111. The van der Waals surface area contributed by atoms with Gasteiger partial charge in [0.2, 0.25) is 0 Å². The predicted octanol–water partition coefficient (Wildman–Crippen LogP) is 5.25. The van der Waals surface area contributed by atoms with Crippen LogP contribution in [-0.4, -0.2) is 26.9 Å². The number of imidazole rings is 1. The van der Waals surface area contributed by atoms with E-state index in [0.29, 0.717) is 10.6 Å². The van der Waals surface area contributed by atoms with Crippen molar-refractivity contribution in [1.29, 1.82) is 0 Å². The van der Waals surface area contributed by atoms with Gasteiger partial charge < -0.3 is 4.90 Å². The first kappa shape index (κ1) is 16.1. The summed E-state index contributed by atoms with van der Waals surface area (Å²) < 4.78 is 3.05. The van der Waals surface area contributed by atoms with Crippen LogP contribution in [0.3, 0.4) is 0 Å². The standard InChI is InChI=1S/C20H15BrClN3O/c21-13-5-1-4-12(10-13)18-19-16-8-3-9-24(16)20(26)17-14(22)6-2-7-15(17)25(19)11-23-18/h1-2,4-7,10-11,16H,3,8-9H2/t16-/m0/s1. The molecule has 1 atom stereocenters. The number of halogens is 2. The number of rotatable bonds is 1. The zero-order chi connectivity index (χ0) is 17.8. The molecule has 4 nitrogen and oxygen atoms in total. The molecule has 1 amide bonds. The van der Waals surface area contributed by atoms with Crippen LogP contribution in [0.2, 0.25) is 5.02 Å². The molecule has 1 fully saturated rings. The lowest BCUT2D eigenvalue weighted by atomic mass is 10.0. The van der Waals surface area contributed by atoms with E-state index in [9.17, 15) is 4.79 Å². The maximum absolute atomic E-state index is 13.2. The van der Waals surface area contributed by atoms with Crippen LogP contribution in [0.1, 0.15) is 34.9 Å². The van der Waals surface area contributed by atoms with Crippen molar-refractivity contribution in [3.63, 3.8) is 0 Å². The first-order valence-electron chi connectivity index (χ1n) is 8.58. The van der Waals surface area contributed by atoms with Gasteiger partial charge in [-0.15, -0.1) is 0 Å². The Balaban J connectivity index is 1.82. The topological polar surface area (TPSA) is 38.1 Å². The van der Waals surface area contributed by atoms with E-state index in [-0.39, 0.29) is 11.9 Å². The number of aromatic nitrogens is 2. The second kappa shape index (κ2) is 5.96. The van der Waals surface area contributed by atoms with E-state index in [1.165, 1.54) is 0 Å². The van der Waals surface area contributed by atoms with Crippen molar-refractivity contribution in [3.8, 4) is 16.9 Å². The fraction of sp³-hybridized carbons (Fsp3) is 0.200. The zero-order valence-corrected chi connectivity index (χ0v) is 16.2. The summed E-state index contributed by atoms with van der Waals surface area (Å²) in [5.74, 6) is 0.0111. The number of hydrogen-bond donors (Lipinski definition) is 0. The molecule has 2 aliphatic rings. The highest BCUT2D eigenvalue weighted by molar-refractivity contribution is 9.10. The van der Waals surface area contributed by atoms with Crippen LogP contribution in [-0.2, 0) is 0 Å². The van der Waals surface area contributed by atoms with Gasteiger partial charge in [-0.25, -0.2) is 4.98 Å². The molecule has 0 aliphatic carbocycles. The number of benzene rings is 2. The molecule has 0 spiro atoms. The Bertz CT molecular complexity index is 1050. The van der Waals surface area contributed by atoms with Gasteiger partial charge in [0.25, 0.3) is 5.91 Å². The number of carbonyl (C=O) groups is 1. The van der Waals surface area contributed by atoms with Gasteiger partial charge in [0.15, 0.2) is 0 Å². The molecule has 26 heavy (non-hydrogen) atoms. The van der Waals surface area contributed by atoms with Gasteiger partial charge in [0, 0.05) is 16.6 Å². The van der Waals surface area contributed by atoms with E-state index in [2.05, 4.69) is 28.1 Å². The highest BCUT2D eigenvalue weighted by atomic mass is 79.9. The number of hydrogen-bond acceptors (Lipinski definition) is 2. The molecule has 0 radical (unpaired) electrons. The number of nitrogens with zero attached hydrogens (tertiary/aromatic N) is 3. The summed E-state index contributed by atoms with van der Waals surface area (Å²) in [7, 11) is 0. The molecular formula is C20H15BrClN3O. The highest BCUT2D eigenvalue weighted by Gasteiger charge is 2.39. The lowest BCUT2D eigenvalue weighted by molar-refractivity contribution is 0.0739. The molecular weight excluding hydrogens is 414 g/mol. The van der Waals surface area contributed by atoms with Gasteiger partial charge >= 0.3 is 0 Å². The largest absolute Gasteiger partial charge is 0.330 e. The summed E-state index contributed by atoms with van der Waals surface area (Å²) >= 11 is 9.97. The lowest BCUT2D eigenvalue weighted by Gasteiger charge is -2.23. The van der Waals surface area contributed by atoms with E-state index < -0.39 is 0 Å². The molecule has 5 rings (SSSR count). The Morgan fingerprint density at radius 3 is 2.88 bits per heavy atom. The van der Waals surface area contributed by atoms with Gasteiger partial charge in [0.05, 0.1) is 33.7 Å². The number of fused-ring (bicyclic) bond motifs is 5. The van der Waals surface area contributed by atoms with Crippen LogP contribution < -0.4 is 0 Å². The molecule has 6 heteroatoms.